The summed E-state index contributed by atoms with van der Waals surface area (Å²) in [7, 11) is 0. The third-order valence-electron chi connectivity index (χ3n) is 6.88. The van der Waals surface area contributed by atoms with Gasteiger partial charge in [-0.25, -0.2) is 14.4 Å². The molecule has 2 saturated carbocycles. The lowest BCUT2D eigenvalue weighted by molar-refractivity contribution is -0.146. The maximum absolute atomic E-state index is 13.8. The van der Waals surface area contributed by atoms with Crippen LogP contribution in [0.1, 0.15) is 37.7 Å². The van der Waals surface area contributed by atoms with E-state index in [9.17, 15) is 14.3 Å². The first-order valence-corrected chi connectivity index (χ1v) is 10.8. The number of aromatic nitrogens is 3. The number of hydrogen-bond acceptors (Lipinski definition) is 4. The SMILES string of the molecule is C=Cc1ccc(-c2c[nH]c3ncc(F)cc23)nc1N[C@@H]1CC2CCCC(C2)[C@H]1C(=O)O. The molecule has 2 bridgehead atoms. The average Bonchev–Trinajstić information content (AvgIpc) is 3.16. The molecule has 6 nitrogen and oxygen atoms in total. The van der Waals surface area contributed by atoms with Gasteiger partial charge in [0.05, 0.1) is 17.8 Å². The maximum Gasteiger partial charge on any atom is 0.308 e. The normalized spacial score (nSPS) is 25.3. The Labute approximate surface area is 179 Å². The number of carbonyl (C=O) groups is 1. The molecule has 0 aromatic carbocycles. The number of anilines is 1. The van der Waals surface area contributed by atoms with E-state index in [-0.39, 0.29) is 12.0 Å². The topological polar surface area (TPSA) is 90.9 Å². The van der Waals surface area contributed by atoms with E-state index in [1.54, 1.807) is 12.3 Å². The van der Waals surface area contributed by atoms with Crippen molar-refractivity contribution in [2.24, 2.45) is 17.8 Å². The van der Waals surface area contributed by atoms with E-state index in [0.29, 0.717) is 28.5 Å². The molecule has 0 saturated heterocycles. The van der Waals surface area contributed by atoms with Crippen LogP contribution < -0.4 is 5.32 Å². The molecular formula is C24H25FN4O2. The maximum atomic E-state index is 13.8. The first-order valence-electron chi connectivity index (χ1n) is 10.8. The molecule has 2 fully saturated rings. The van der Waals surface area contributed by atoms with Crippen molar-refractivity contribution in [2.45, 2.75) is 38.1 Å². The quantitative estimate of drug-likeness (QED) is 0.534. The lowest BCUT2D eigenvalue weighted by Crippen LogP contribution is -2.47. The van der Waals surface area contributed by atoms with Gasteiger partial charge in [0.25, 0.3) is 0 Å². The van der Waals surface area contributed by atoms with Crippen molar-refractivity contribution in [3.63, 3.8) is 0 Å². The highest BCUT2D eigenvalue weighted by Gasteiger charge is 2.44. The minimum Gasteiger partial charge on any atom is -0.481 e. The monoisotopic (exact) mass is 420 g/mol. The first-order chi connectivity index (χ1) is 15.0. The molecule has 3 aromatic heterocycles. The number of pyridine rings is 2. The van der Waals surface area contributed by atoms with Gasteiger partial charge in [-0.2, -0.15) is 0 Å². The van der Waals surface area contributed by atoms with Gasteiger partial charge in [0.1, 0.15) is 17.3 Å². The number of carboxylic acids is 1. The summed E-state index contributed by atoms with van der Waals surface area (Å²) in [5.74, 6) is -0.191. The fourth-order valence-electron chi connectivity index (χ4n) is 5.50. The van der Waals surface area contributed by atoms with Crippen LogP contribution in [0.4, 0.5) is 10.2 Å². The highest BCUT2D eigenvalue weighted by atomic mass is 19.1. The number of aliphatic carboxylic acids is 1. The number of aromatic amines is 1. The number of rotatable bonds is 5. The molecule has 2 aliphatic rings. The Morgan fingerprint density at radius 3 is 3.00 bits per heavy atom. The van der Waals surface area contributed by atoms with Crippen molar-refractivity contribution in [1.82, 2.24) is 15.0 Å². The highest BCUT2D eigenvalue weighted by molar-refractivity contribution is 5.93. The van der Waals surface area contributed by atoms with Gasteiger partial charge in [-0.15, -0.1) is 0 Å². The third-order valence-corrected chi connectivity index (χ3v) is 6.88. The fourth-order valence-corrected chi connectivity index (χ4v) is 5.50. The second-order valence-corrected chi connectivity index (χ2v) is 8.73. The third kappa shape index (κ3) is 3.58. The van der Waals surface area contributed by atoms with Crippen molar-refractivity contribution in [2.75, 3.05) is 5.32 Å². The molecule has 2 unspecified atom stereocenters. The first kappa shape index (κ1) is 19.7. The van der Waals surface area contributed by atoms with Crippen LogP contribution in [0.15, 0.2) is 37.2 Å². The summed E-state index contributed by atoms with van der Waals surface area (Å²) in [6.07, 6.45) is 9.75. The predicted molar refractivity (Wildman–Crippen MR) is 118 cm³/mol. The van der Waals surface area contributed by atoms with Crippen LogP contribution in [0.25, 0.3) is 28.4 Å². The Kier molecular flexibility index (Phi) is 4.96. The van der Waals surface area contributed by atoms with Gasteiger partial charge in [-0.05, 0) is 49.3 Å². The molecule has 4 atom stereocenters. The largest absolute Gasteiger partial charge is 0.481 e. The van der Waals surface area contributed by atoms with Crippen molar-refractivity contribution in [3.8, 4) is 11.3 Å². The summed E-state index contributed by atoms with van der Waals surface area (Å²) in [4.78, 5) is 24.1. The molecule has 0 aliphatic heterocycles. The summed E-state index contributed by atoms with van der Waals surface area (Å²) < 4.78 is 13.8. The molecule has 160 valence electrons. The number of fused-ring (bicyclic) bond motifs is 3. The van der Waals surface area contributed by atoms with Crippen LogP contribution in [-0.2, 0) is 4.79 Å². The lowest BCUT2D eigenvalue weighted by Gasteiger charge is -2.43. The van der Waals surface area contributed by atoms with E-state index in [4.69, 9.17) is 4.98 Å². The molecule has 2 aliphatic carbocycles. The minimum atomic E-state index is -0.739. The van der Waals surface area contributed by atoms with Gasteiger partial charge in [-0.1, -0.05) is 25.5 Å². The summed E-state index contributed by atoms with van der Waals surface area (Å²) in [6, 6.07) is 5.03. The smallest absolute Gasteiger partial charge is 0.308 e. The van der Waals surface area contributed by atoms with Crippen LogP contribution in [0, 0.1) is 23.6 Å². The summed E-state index contributed by atoms with van der Waals surface area (Å²) >= 11 is 0. The number of H-pyrrole nitrogens is 1. The van der Waals surface area contributed by atoms with E-state index in [1.165, 1.54) is 12.3 Å². The van der Waals surface area contributed by atoms with Crippen LogP contribution in [-0.4, -0.2) is 32.1 Å². The summed E-state index contributed by atoms with van der Waals surface area (Å²) in [5.41, 5.74) is 2.81. The van der Waals surface area contributed by atoms with Gasteiger partial charge in [0, 0.05) is 28.8 Å². The van der Waals surface area contributed by atoms with Gasteiger partial charge >= 0.3 is 5.97 Å². The number of hydrogen-bond donors (Lipinski definition) is 3. The summed E-state index contributed by atoms with van der Waals surface area (Å²) in [5, 5.41) is 14.1. The molecule has 0 radical (unpaired) electrons. The molecule has 7 heteroatoms. The minimum absolute atomic E-state index is 0.176. The second-order valence-electron chi connectivity index (χ2n) is 8.73. The van der Waals surface area contributed by atoms with Gasteiger partial charge in [-0.3, -0.25) is 4.79 Å². The van der Waals surface area contributed by atoms with Crippen molar-refractivity contribution < 1.29 is 14.3 Å². The number of nitrogens with zero attached hydrogens (tertiary/aromatic N) is 2. The van der Waals surface area contributed by atoms with Gasteiger partial charge in [0.2, 0.25) is 0 Å². The molecule has 31 heavy (non-hydrogen) atoms. The fraction of sp³-hybridized carbons (Fsp3) is 0.375. The van der Waals surface area contributed by atoms with E-state index in [2.05, 4.69) is 21.9 Å². The Morgan fingerprint density at radius 2 is 2.19 bits per heavy atom. The zero-order valence-electron chi connectivity index (χ0n) is 17.1. The predicted octanol–water partition coefficient (Wildman–Crippen LogP) is 5.10. The molecule has 0 amide bonds. The van der Waals surface area contributed by atoms with Crippen molar-refractivity contribution in [3.05, 3.63) is 48.6 Å². The number of halogens is 1. The molecule has 0 spiro atoms. The van der Waals surface area contributed by atoms with E-state index < -0.39 is 17.7 Å². The highest BCUT2D eigenvalue weighted by Crippen LogP contribution is 2.44. The Bertz CT molecular complexity index is 1160. The molecule has 3 heterocycles. The Balaban J connectivity index is 1.52. The van der Waals surface area contributed by atoms with Crippen LogP contribution >= 0.6 is 0 Å². The molecule has 5 rings (SSSR count). The van der Waals surface area contributed by atoms with Crippen molar-refractivity contribution in [1.29, 1.82) is 0 Å². The summed E-state index contributed by atoms with van der Waals surface area (Å²) in [6.45, 7) is 3.89. The Morgan fingerprint density at radius 1 is 1.32 bits per heavy atom. The zero-order chi connectivity index (χ0) is 21.5. The van der Waals surface area contributed by atoms with E-state index in [0.717, 1.165) is 43.2 Å². The zero-order valence-corrected chi connectivity index (χ0v) is 17.1. The van der Waals surface area contributed by atoms with Crippen LogP contribution in [0.3, 0.4) is 0 Å². The van der Waals surface area contributed by atoms with Gasteiger partial charge < -0.3 is 15.4 Å². The Hall–Kier alpha value is -3.22. The number of nitrogens with one attached hydrogen (secondary N) is 2. The van der Waals surface area contributed by atoms with Gasteiger partial charge in [0.15, 0.2) is 0 Å². The lowest BCUT2D eigenvalue weighted by atomic mass is 9.64. The average molecular weight is 420 g/mol. The second kappa shape index (κ2) is 7.80. The van der Waals surface area contributed by atoms with E-state index >= 15 is 0 Å². The number of carboxylic acid groups (broad SMARTS) is 1. The molecule has 3 aromatic rings. The van der Waals surface area contributed by atoms with E-state index in [1.807, 2.05) is 12.1 Å². The molecular weight excluding hydrogens is 395 g/mol. The van der Waals surface area contributed by atoms with Crippen molar-refractivity contribution >= 4 is 28.9 Å². The van der Waals surface area contributed by atoms with Crippen LogP contribution in [0.5, 0.6) is 0 Å². The standard InChI is InChI=1S/C24H25FN4O2/c1-2-14-6-7-19(18-12-27-23-17(18)10-16(25)11-26-23)28-22(14)29-20-9-13-4-3-5-15(8-13)21(20)24(30)31/h2,6-7,10-13,15,20-21H,1,3-5,8-9H2,(H,26,27)(H,28,29)(H,30,31)/t13?,15?,20-,21-/m1/s1. The molecule has 3 N–H and O–H groups in total. The van der Waals surface area contributed by atoms with Crippen LogP contribution in [0.2, 0.25) is 0 Å².